The number of fused-ring (bicyclic) bond motifs is 3. The van der Waals surface area contributed by atoms with E-state index in [2.05, 4.69) is 14.7 Å². The normalized spacial score (nSPS) is 21.3. The number of nitrogens with zero attached hydrogens (tertiary/aromatic N) is 3. The molecular weight excluding hydrogens is 504 g/mol. The maximum absolute atomic E-state index is 14.2. The number of carbonyl (C=O) groups is 1. The predicted molar refractivity (Wildman–Crippen MR) is 153 cm³/mol. The molecule has 7 heteroatoms. The fraction of sp³-hybridized carbons (Fsp3) is 0.581. The molecule has 0 radical (unpaired) electrons. The lowest BCUT2D eigenvalue weighted by molar-refractivity contribution is -0.133. The van der Waals surface area contributed by atoms with Crippen LogP contribution in [-0.2, 0) is 4.79 Å². The van der Waals surface area contributed by atoms with Gasteiger partial charge in [-0.05, 0) is 86.7 Å². The van der Waals surface area contributed by atoms with E-state index in [0.717, 1.165) is 75.3 Å². The summed E-state index contributed by atoms with van der Waals surface area (Å²) in [5.41, 5.74) is 3.14. The molecule has 3 aliphatic heterocycles. The highest BCUT2D eigenvalue weighted by molar-refractivity contribution is 5.85. The van der Waals surface area contributed by atoms with E-state index in [1.165, 1.54) is 63.1 Å². The van der Waals surface area contributed by atoms with Crippen molar-refractivity contribution in [3.63, 3.8) is 0 Å². The average molecular weight is 546 g/mol. The molecule has 208 valence electrons. The summed E-state index contributed by atoms with van der Waals surface area (Å²) >= 11 is 0. The van der Waals surface area contributed by atoms with E-state index >= 15 is 0 Å². The number of halogens is 3. The number of likely N-dealkylation sites (tertiary alicyclic amines) is 2. The highest BCUT2D eigenvalue weighted by Crippen LogP contribution is 2.48. The minimum absolute atomic E-state index is 0. The molecule has 3 aliphatic rings. The molecule has 0 aromatic heterocycles. The Hall–Kier alpha value is -2.18. The van der Waals surface area contributed by atoms with E-state index in [1.54, 1.807) is 6.07 Å². The van der Waals surface area contributed by atoms with Crippen LogP contribution in [0.5, 0.6) is 0 Å². The zero-order valence-electron chi connectivity index (χ0n) is 22.4. The van der Waals surface area contributed by atoms with Gasteiger partial charge in [-0.15, -0.1) is 12.4 Å². The monoisotopic (exact) mass is 545 g/mol. The van der Waals surface area contributed by atoms with Gasteiger partial charge in [-0.2, -0.15) is 0 Å². The third-order valence-corrected chi connectivity index (χ3v) is 8.57. The second-order valence-corrected chi connectivity index (χ2v) is 11.1. The van der Waals surface area contributed by atoms with Crippen molar-refractivity contribution in [1.29, 1.82) is 0 Å². The Labute approximate surface area is 232 Å². The number of hydrogen-bond donors (Lipinski definition) is 0. The molecule has 5 rings (SSSR count). The van der Waals surface area contributed by atoms with Crippen molar-refractivity contribution in [3.05, 3.63) is 59.7 Å². The van der Waals surface area contributed by atoms with E-state index in [9.17, 15) is 13.6 Å². The second kappa shape index (κ2) is 13.7. The van der Waals surface area contributed by atoms with Crippen LogP contribution < -0.4 is 4.90 Å². The Kier molecular flexibility index (Phi) is 10.4. The first-order valence-corrected chi connectivity index (χ1v) is 14.4. The zero-order valence-corrected chi connectivity index (χ0v) is 23.2. The molecule has 2 unspecified atom stereocenters. The summed E-state index contributed by atoms with van der Waals surface area (Å²) in [6, 6.07) is 12.1. The molecule has 0 bridgehead atoms. The lowest BCUT2D eigenvalue weighted by Crippen LogP contribution is -2.45. The first kappa shape index (κ1) is 28.8. The highest BCUT2D eigenvalue weighted by Gasteiger charge is 2.42. The van der Waals surface area contributed by atoms with Crippen LogP contribution in [0.15, 0.2) is 42.5 Å². The fourth-order valence-electron chi connectivity index (χ4n) is 6.60. The van der Waals surface area contributed by atoms with Gasteiger partial charge in [0.15, 0.2) is 0 Å². The number of amides is 1. The summed E-state index contributed by atoms with van der Waals surface area (Å²) in [7, 11) is 0. The lowest BCUT2D eigenvalue weighted by atomic mass is 9.88. The third-order valence-electron chi connectivity index (χ3n) is 8.57. The number of rotatable bonds is 11. The third kappa shape index (κ3) is 6.87. The first-order chi connectivity index (χ1) is 18.1. The molecule has 0 spiro atoms. The Balaban J connectivity index is 0.00000336. The SMILES string of the molecule is Cl.O=C1CCCCN1CCCCCCCCCN1CCC2C(C1)c1cc(F)ccc1N2c1ccc(F)cc1. The van der Waals surface area contributed by atoms with E-state index < -0.39 is 0 Å². The van der Waals surface area contributed by atoms with Crippen LogP contribution in [0.4, 0.5) is 20.2 Å². The second-order valence-electron chi connectivity index (χ2n) is 11.1. The summed E-state index contributed by atoms with van der Waals surface area (Å²) in [6.45, 7) is 5.00. The van der Waals surface area contributed by atoms with Crippen LogP contribution in [0.1, 0.15) is 82.1 Å². The molecule has 38 heavy (non-hydrogen) atoms. The summed E-state index contributed by atoms with van der Waals surface area (Å²) in [4.78, 5) is 18.8. The smallest absolute Gasteiger partial charge is 0.222 e. The Morgan fingerprint density at radius 1 is 0.789 bits per heavy atom. The molecule has 2 aromatic carbocycles. The van der Waals surface area contributed by atoms with E-state index in [0.29, 0.717) is 11.9 Å². The zero-order chi connectivity index (χ0) is 25.6. The van der Waals surface area contributed by atoms with Crippen LogP contribution in [0.2, 0.25) is 0 Å². The lowest BCUT2D eigenvalue weighted by Gasteiger charge is -2.39. The fourth-order valence-corrected chi connectivity index (χ4v) is 6.60. The largest absolute Gasteiger partial charge is 0.343 e. The minimum Gasteiger partial charge on any atom is -0.343 e. The van der Waals surface area contributed by atoms with Crippen molar-refractivity contribution in [2.45, 2.75) is 82.6 Å². The van der Waals surface area contributed by atoms with Crippen molar-refractivity contribution < 1.29 is 13.6 Å². The number of unbranched alkanes of at least 4 members (excludes halogenated alkanes) is 6. The van der Waals surface area contributed by atoms with Gasteiger partial charge in [0.25, 0.3) is 0 Å². The van der Waals surface area contributed by atoms with Crippen LogP contribution >= 0.6 is 12.4 Å². The van der Waals surface area contributed by atoms with Crippen molar-refractivity contribution in [3.8, 4) is 0 Å². The quantitative estimate of drug-likeness (QED) is 0.274. The summed E-state index contributed by atoms with van der Waals surface area (Å²) in [5, 5.41) is 0. The summed E-state index contributed by atoms with van der Waals surface area (Å²) in [6.07, 6.45) is 12.6. The van der Waals surface area contributed by atoms with Crippen molar-refractivity contribution >= 4 is 29.7 Å². The molecule has 2 aromatic rings. The maximum atomic E-state index is 14.2. The summed E-state index contributed by atoms with van der Waals surface area (Å²) in [5.74, 6) is 0.210. The number of benzene rings is 2. The Bertz CT molecular complexity index is 1050. The van der Waals surface area contributed by atoms with Gasteiger partial charge < -0.3 is 14.7 Å². The molecule has 4 nitrogen and oxygen atoms in total. The van der Waals surface area contributed by atoms with Crippen LogP contribution in [-0.4, -0.2) is 54.5 Å². The van der Waals surface area contributed by atoms with Gasteiger partial charge in [0, 0.05) is 55.9 Å². The van der Waals surface area contributed by atoms with Gasteiger partial charge in [-0.3, -0.25) is 4.79 Å². The molecule has 2 saturated heterocycles. The van der Waals surface area contributed by atoms with Crippen molar-refractivity contribution in [2.75, 3.05) is 37.6 Å². The molecular formula is C31H42ClF2N3O. The number of anilines is 2. The van der Waals surface area contributed by atoms with Gasteiger partial charge in [0.2, 0.25) is 5.91 Å². The number of hydrogen-bond acceptors (Lipinski definition) is 3. The molecule has 0 N–H and O–H groups in total. The average Bonchev–Trinajstić information content (AvgIpc) is 3.22. The number of carbonyl (C=O) groups excluding carboxylic acids is 1. The molecule has 0 aliphatic carbocycles. The van der Waals surface area contributed by atoms with E-state index in [1.807, 2.05) is 18.2 Å². The molecule has 0 saturated carbocycles. The van der Waals surface area contributed by atoms with Gasteiger partial charge in [-0.1, -0.05) is 32.1 Å². The standard InChI is InChI=1S/C31H41F2N3O.ClH/c32-24-11-14-26(15-12-24)36-29-16-13-25(33)22-27(29)28-23-34(21-17-30(28)36)18-7-4-2-1-3-5-8-19-35-20-9-6-10-31(35)37;/h11-16,22,28,30H,1-10,17-21,23H2;1H. The van der Waals surface area contributed by atoms with E-state index in [4.69, 9.17) is 0 Å². The van der Waals surface area contributed by atoms with Crippen LogP contribution in [0.3, 0.4) is 0 Å². The van der Waals surface area contributed by atoms with Crippen LogP contribution in [0.25, 0.3) is 0 Å². The molecule has 2 atom stereocenters. The molecule has 2 fully saturated rings. The maximum Gasteiger partial charge on any atom is 0.222 e. The highest BCUT2D eigenvalue weighted by atomic mass is 35.5. The summed E-state index contributed by atoms with van der Waals surface area (Å²) < 4.78 is 27.8. The van der Waals surface area contributed by atoms with Crippen molar-refractivity contribution in [1.82, 2.24) is 9.80 Å². The first-order valence-electron chi connectivity index (χ1n) is 14.4. The predicted octanol–water partition coefficient (Wildman–Crippen LogP) is 7.44. The van der Waals surface area contributed by atoms with Gasteiger partial charge >= 0.3 is 0 Å². The van der Waals surface area contributed by atoms with Gasteiger partial charge in [-0.25, -0.2) is 8.78 Å². The van der Waals surface area contributed by atoms with E-state index in [-0.39, 0.29) is 30.0 Å². The van der Waals surface area contributed by atoms with Gasteiger partial charge in [0.05, 0.1) is 0 Å². The Morgan fingerprint density at radius 2 is 1.47 bits per heavy atom. The molecule has 3 heterocycles. The van der Waals surface area contributed by atoms with Crippen molar-refractivity contribution in [2.24, 2.45) is 0 Å². The Morgan fingerprint density at radius 3 is 2.21 bits per heavy atom. The van der Waals surface area contributed by atoms with Crippen LogP contribution in [0, 0.1) is 11.6 Å². The van der Waals surface area contributed by atoms with Gasteiger partial charge in [0.1, 0.15) is 11.6 Å². The molecule has 1 amide bonds. The topological polar surface area (TPSA) is 26.8 Å². The number of piperidine rings is 2. The minimum atomic E-state index is -0.234.